The van der Waals surface area contributed by atoms with E-state index in [1.165, 1.54) is 23.1 Å². The molecule has 1 aromatic rings. The van der Waals surface area contributed by atoms with Crippen LogP contribution in [0.1, 0.15) is 12.0 Å². The molecule has 0 bridgehead atoms. The number of urea groups is 1. The average molecular weight is 319 g/mol. The Hall–Kier alpha value is -1.83. The Bertz CT molecular complexity index is 521. The molecule has 0 spiro atoms. The standard InChI is InChI=1S/C14H17F4N3O/c15-11-3-1-2-10(6-11)7-19-13(22)20-12-4-5-21(8-12)9-14(16,17)18/h1-3,6,12H,4-5,7-9H2,(H2,19,20,22)/t12-/m1/s1. The van der Waals surface area contributed by atoms with E-state index in [1.807, 2.05) is 0 Å². The van der Waals surface area contributed by atoms with Gasteiger partial charge in [-0.2, -0.15) is 13.2 Å². The summed E-state index contributed by atoms with van der Waals surface area (Å²) in [4.78, 5) is 13.0. The van der Waals surface area contributed by atoms with Crippen molar-refractivity contribution in [2.45, 2.75) is 25.2 Å². The lowest BCUT2D eigenvalue weighted by Gasteiger charge is -2.18. The Morgan fingerprint density at radius 2 is 2.14 bits per heavy atom. The number of amides is 2. The van der Waals surface area contributed by atoms with Crippen LogP contribution >= 0.6 is 0 Å². The van der Waals surface area contributed by atoms with E-state index in [0.717, 1.165) is 0 Å². The van der Waals surface area contributed by atoms with Crippen LogP contribution in [0.2, 0.25) is 0 Å². The Balaban J connectivity index is 1.72. The van der Waals surface area contributed by atoms with Crippen molar-refractivity contribution < 1.29 is 22.4 Å². The molecule has 0 radical (unpaired) electrons. The Labute approximate surface area is 125 Å². The number of benzene rings is 1. The van der Waals surface area contributed by atoms with E-state index in [1.54, 1.807) is 6.07 Å². The van der Waals surface area contributed by atoms with Gasteiger partial charge in [0.05, 0.1) is 6.54 Å². The zero-order chi connectivity index (χ0) is 16.2. The molecule has 8 heteroatoms. The molecule has 1 fully saturated rings. The molecule has 1 saturated heterocycles. The normalized spacial score (nSPS) is 19.2. The number of rotatable bonds is 4. The van der Waals surface area contributed by atoms with Gasteiger partial charge in [0.15, 0.2) is 0 Å². The quantitative estimate of drug-likeness (QED) is 0.836. The second kappa shape index (κ2) is 6.95. The molecule has 2 N–H and O–H groups in total. The number of nitrogens with zero attached hydrogens (tertiary/aromatic N) is 1. The molecule has 0 saturated carbocycles. The number of hydrogen-bond acceptors (Lipinski definition) is 2. The van der Waals surface area contributed by atoms with Gasteiger partial charge >= 0.3 is 12.2 Å². The Morgan fingerprint density at radius 3 is 2.82 bits per heavy atom. The molecular formula is C14H17F4N3O. The lowest BCUT2D eigenvalue weighted by atomic mass is 10.2. The van der Waals surface area contributed by atoms with Crippen LogP contribution in [-0.2, 0) is 6.54 Å². The van der Waals surface area contributed by atoms with Crippen LogP contribution in [0.15, 0.2) is 24.3 Å². The summed E-state index contributed by atoms with van der Waals surface area (Å²) in [6.45, 7) is -0.333. The number of alkyl halides is 3. The number of carbonyl (C=O) groups is 1. The smallest absolute Gasteiger partial charge is 0.334 e. The molecule has 0 aliphatic carbocycles. The summed E-state index contributed by atoms with van der Waals surface area (Å²) in [5.41, 5.74) is 0.611. The molecular weight excluding hydrogens is 302 g/mol. The van der Waals surface area contributed by atoms with E-state index in [9.17, 15) is 22.4 Å². The summed E-state index contributed by atoms with van der Waals surface area (Å²) in [6.07, 6.45) is -3.75. The van der Waals surface area contributed by atoms with Crippen LogP contribution < -0.4 is 10.6 Å². The molecule has 4 nitrogen and oxygen atoms in total. The molecule has 2 amide bonds. The average Bonchev–Trinajstić information content (AvgIpc) is 2.81. The highest BCUT2D eigenvalue weighted by atomic mass is 19.4. The lowest BCUT2D eigenvalue weighted by molar-refractivity contribution is -0.143. The van der Waals surface area contributed by atoms with Gasteiger partial charge in [0.1, 0.15) is 5.82 Å². The molecule has 2 rings (SSSR count). The SMILES string of the molecule is O=C(NCc1cccc(F)c1)N[C@@H]1CCN(CC(F)(F)F)C1. The second-order valence-corrected chi connectivity index (χ2v) is 5.29. The van der Waals surface area contributed by atoms with Crippen molar-refractivity contribution in [2.75, 3.05) is 19.6 Å². The highest BCUT2D eigenvalue weighted by Crippen LogP contribution is 2.19. The predicted molar refractivity (Wildman–Crippen MR) is 72.7 cm³/mol. The summed E-state index contributed by atoms with van der Waals surface area (Å²) >= 11 is 0. The lowest BCUT2D eigenvalue weighted by Crippen LogP contribution is -2.43. The van der Waals surface area contributed by atoms with E-state index < -0.39 is 24.6 Å². The first-order chi connectivity index (χ1) is 10.3. The fraction of sp³-hybridized carbons (Fsp3) is 0.500. The molecule has 1 aliphatic rings. The fourth-order valence-electron chi connectivity index (χ4n) is 2.41. The zero-order valence-corrected chi connectivity index (χ0v) is 11.8. The van der Waals surface area contributed by atoms with Gasteiger partial charge in [-0.05, 0) is 24.1 Å². The van der Waals surface area contributed by atoms with Crippen LogP contribution in [0.3, 0.4) is 0 Å². The van der Waals surface area contributed by atoms with E-state index in [4.69, 9.17) is 0 Å². The van der Waals surface area contributed by atoms with Crippen LogP contribution in [0.5, 0.6) is 0 Å². The fourth-order valence-corrected chi connectivity index (χ4v) is 2.41. The first-order valence-corrected chi connectivity index (χ1v) is 6.90. The van der Waals surface area contributed by atoms with E-state index in [2.05, 4.69) is 10.6 Å². The monoisotopic (exact) mass is 319 g/mol. The third kappa shape index (κ3) is 5.51. The van der Waals surface area contributed by atoms with Gasteiger partial charge < -0.3 is 10.6 Å². The number of hydrogen-bond donors (Lipinski definition) is 2. The Kier molecular flexibility index (Phi) is 5.23. The number of carbonyl (C=O) groups excluding carboxylic acids is 1. The van der Waals surface area contributed by atoms with Gasteiger partial charge in [-0.1, -0.05) is 12.1 Å². The van der Waals surface area contributed by atoms with Gasteiger partial charge in [0.25, 0.3) is 0 Å². The van der Waals surface area contributed by atoms with E-state index >= 15 is 0 Å². The van der Waals surface area contributed by atoms with Crippen molar-refractivity contribution in [1.29, 1.82) is 0 Å². The molecule has 0 unspecified atom stereocenters. The molecule has 1 heterocycles. The summed E-state index contributed by atoms with van der Waals surface area (Å²) in [6, 6.07) is 5.04. The maximum Gasteiger partial charge on any atom is 0.401 e. The van der Waals surface area contributed by atoms with Crippen molar-refractivity contribution in [3.63, 3.8) is 0 Å². The maximum absolute atomic E-state index is 13.0. The highest BCUT2D eigenvalue weighted by molar-refractivity contribution is 5.74. The van der Waals surface area contributed by atoms with Gasteiger partial charge in [-0.25, -0.2) is 9.18 Å². The molecule has 1 aliphatic heterocycles. The molecule has 0 aromatic heterocycles. The van der Waals surface area contributed by atoms with Gasteiger partial charge in [-0.15, -0.1) is 0 Å². The van der Waals surface area contributed by atoms with Gasteiger partial charge in [-0.3, -0.25) is 4.90 Å². The minimum absolute atomic E-state index is 0.155. The topological polar surface area (TPSA) is 44.4 Å². The summed E-state index contributed by atoms with van der Waals surface area (Å²) in [5, 5.41) is 5.19. The summed E-state index contributed by atoms with van der Waals surface area (Å²) in [7, 11) is 0. The van der Waals surface area contributed by atoms with Crippen molar-refractivity contribution >= 4 is 6.03 Å². The third-order valence-electron chi connectivity index (χ3n) is 3.35. The summed E-state index contributed by atoms with van der Waals surface area (Å²) < 4.78 is 49.8. The molecule has 22 heavy (non-hydrogen) atoms. The second-order valence-electron chi connectivity index (χ2n) is 5.29. The minimum atomic E-state index is -4.23. The van der Waals surface area contributed by atoms with E-state index in [0.29, 0.717) is 18.5 Å². The number of halogens is 4. The molecule has 122 valence electrons. The largest absolute Gasteiger partial charge is 0.401 e. The van der Waals surface area contributed by atoms with Crippen LogP contribution in [0, 0.1) is 5.82 Å². The highest BCUT2D eigenvalue weighted by Gasteiger charge is 2.34. The Morgan fingerprint density at radius 1 is 1.36 bits per heavy atom. The van der Waals surface area contributed by atoms with Crippen molar-refractivity contribution in [2.24, 2.45) is 0 Å². The first kappa shape index (κ1) is 16.5. The van der Waals surface area contributed by atoms with Gasteiger partial charge in [0.2, 0.25) is 0 Å². The van der Waals surface area contributed by atoms with Gasteiger partial charge in [0, 0.05) is 25.7 Å². The number of nitrogens with one attached hydrogen (secondary N) is 2. The molecule has 1 aromatic carbocycles. The van der Waals surface area contributed by atoms with Crippen LogP contribution in [0.25, 0.3) is 0 Å². The predicted octanol–water partition coefficient (Wildman–Crippen LogP) is 2.26. The summed E-state index contributed by atoms with van der Waals surface area (Å²) in [5.74, 6) is -0.390. The van der Waals surface area contributed by atoms with Crippen LogP contribution in [0.4, 0.5) is 22.4 Å². The van der Waals surface area contributed by atoms with Crippen LogP contribution in [-0.4, -0.2) is 42.8 Å². The maximum atomic E-state index is 13.0. The third-order valence-corrected chi connectivity index (χ3v) is 3.35. The zero-order valence-electron chi connectivity index (χ0n) is 11.8. The van der Waals surface area contributed by atoms with Crippen molar-refractivity contribution in [3.05, 3.63) is 35.6 Å². The van der Waals surface area contributed by atoms with Crippen molar-refractivity contribution in [1.82, 2.24) is 15.5 Å². The first-order valence-electron chi connectivity index (χ1n) is 6.90. The van der Waals surface area contributed by atoms with E-state index in [-0.39, 0.29) is 19.1 Å². The molecule has 1 atom stereocenters. The number of likely N-dealkylation sites (tertiary alicyclic amines) is 1. The minimum Gasteiger partial charge on any atom is -0.334 e. The van der Waals surface area contributed by atoms with Crippen molar-refractivity contribution in [3.8, 4) is 0 Å².